The van der Waals surface area contributed by atoms with Gasteiger partial charge in [-0.2, -0.15) is 0 Å². The average Bonchev–Trinajstić information content (AvgIpc) is 2.62. The van der Waals surface area contributed by atoms with Crippen LogP contribution in [0.25, 0.3) is 0 Å². The standard InChI is InChI=1S/C9H12/c1-3-5-6-9-7-8(9)4-2/h3-6,8-9H,1-2,7H2/b6-5+/t8-,9+/m0/s1. The second kappa shape index (κ2) is 2.67. The molecular weight excluding hydrogens is 108 g/mol. The Bertz CT molecular complexity index is 142. The van der Waals surface area contributed by atoms with Crippen molar-refractivity contribution in [3.63, 3.8) is 0 Å². The molecule has 0 aliphatic heterocycles. The Kier molecular flexibility index (Phi) is 1.88. The third-order valence-corrected chi connectivity index (χ3v) is 1.69. The molecule has 9 heavy (non-hydrogen) atoms. The van der Waals surface area contributed by atoms with Crippen LogP contribution < -0.4 is 0 Å². The fraction of sp³-hybridized carbons (Fsp3) is 0.333. The van der Waals surface area contributed by atoms with Crippen LogP contribution in [0.2, 0.25) is 0 Å². The van der Waals surface area contributed by atoms with Gasteiger partial charge in [0.25, 0.3) is 0 Å². The third kappa shape index (κ3) is 1.56. The van der Waals surface area contributed by atoms with Gasteiger partial charge in [0.15, 0.2) is 0 Å². The molecule has 0 aromatic heterocycles. The predicted octanol–water partition coefficient (Wildman–Crippen LogP) is 2.55. The first kappa shape index (κ1) is 6.34. The first-order valence-electron chi connectivity index (χ1n) is 3.30. The molecule has 0 bridgehead atoms. The highest BCUT2D eigenvalue weighted by molar-refractivity contribution is 5.11. The van der Waals surface area contributed by atoms with E-state index in [1.54, 1.807) is 0 Å². The maximum Gasteiger partial charge on any atom is -0.0161 e. The van der Waals surface area contributed by atoms with Crippen LogP contribution in [0.3, 0.4) is 0 Å². The van der Waals surface area contributed by atoms with E-state index in [2.05, 4.69) is 19.2 Å². The monoisotopic (exact) mass is 120 g/mol. The minimum absolute atomic E-state index is 0.751. The first-order valence-corrected chi connectivity index (χ1v) is 3.30. The maximum atomic E-state index is 3.72. The predicted molar refractivity (Wildman–Crippen MR) is 41.1 cm³/mol. The Balaban J connectivity index is 2.26. The third-order valence-electron chi connectivity index (χ3n) is 1.69. The molecule has 0 aromatic rings. The van der Waals surface area contributed by atoms with Gasteiger partial charge in [0, 0.05) is 0 Å². The van der Waals surface area contributed by atoms with Crippen molar-refractivity contribution < 1.29 is 0 Å². The van der Waals surface area contributed by atoms with Gasteiger partial charge in [-0.25, -0.2) is 0 Å². The summed E-state index contributed by atoms with van der Waals surface area (Å²) in [5.74, 6) is 1.52. The van der Waals surface area contributed by atoms with Crippen molar-refractivity contribution in [2.24, 2.45) is 11.8 Å². The van der Waals surface area contributed by atoms with E-state index in [0.717, 1.165) is 11.8 Å². The summed E-state index contributed by atoms with van der Waals surface area (Å²) >= 11 is 0. The van der Waals surface area contributed by atoms with Crippen molar-refractivity contribution >= 4 is 0 Å². The zero-order valence-corrected chi connectivity index (χ0v) is 5.59. The van der Waals surface area contributed by atoms with Crippen LogP contribution in [-0.2, 0) is 0 Å². The van der Waals surface area contributed by atoms with Crippen LogP contribution in [0.15, 0.2) is 37.5 Å². The Hall–Kier alpha value is -0.780. The highest BCUT2D eigenvalue weighted by atomic mass is 14.3. The fourth-order valence-electron chi connectivity index (χ4n) is 0.949. The van der Waals surface area contributed by atoms with Gasteiger partial charge >= 0.3 is 0 Å². The van der Waals surface area contributed by atoms with Gasteiger partial charge in [0.05, 0.1) is 0 Å². The van der Waals surface area contributed by atoms with Crippen molar-refractivity contribution in [1.82, 2.24) is 0 Å². The van der Waals surface area contributed by atoms with Crippen molar-refractivity contribution in [3.05, 3.63) is 37.5 Å². The van der Waals surface area contributed by atoms with Crippen molar-refractivity contribution in [1.29, 1.82) is 0 Å². The quantitative estimate of drug-likeness (QED) is 0.396. The summed E-state index contributed by atoms with van der Waals surface area (Å²) in [5, 5.41) is 0. The number of hydrogen-bond donors (Lipinski definition) is 0. The van der Waals surface area contributed by atoms with Gasteiger partial charge < -0.3 is 0 Å². The molecule has 0 saturated heterocycles. The highest BCUT2D eigenvalue weighted by Gasteiger charge is 2.30. The molecule has 0 amide bonds. The number of allylic oxidation sites excluding steroid dienone is 4. The van der Waals surface area contributed by atoms with Crippen molar-refractivity contribution in [2.75, 3.05) is 0 Å². The molecule has 1 saturated carbocycles. The zero-order chi connectivity index (χ0) is 6.69. The van der Waals surface area contributed by atoms with Gasteiger partial charge in [-0.1, -0.05) is 30.9 Å². The molecule has 0 radical (unpaired) electrons. The second-order valence-electron chi connectivity index (χ2n) is 2.42. The van der Waals surface area contributed by atoms with E-state index in [1.807, 2.05) is 18.2 Å². The van der Waals surface area contributed by atoms with Crippen molar-refractivity contribution in [2.45, 2.75) is 6.42 Å². The molecular formula is C9H12. The van der Waals surface area contributed by atoms with Crippen LogP contribution >= 0.6 is 0 Å². The molecule has 1 rings (SSSR count). The number of rotatable bonds is 3. The summed E-state index contributed by atoms with van der Waals surface area (Å²) in [4.78, 5) is 0. The maximum absolute atomic E-state index is 3.72. The minimum atomic E-state index is 0.751. The fourth-order valence-corrected chi connectivity index (χ4v) is 0.949. The second-order valence-corrected chi connectivity index (χ2v) is 2.42. The van der Waals surface area contributed by atoms with Gasteiger partial charge in [-0.15, -0.1) is 6.58 Å². The lowest BCUT2D eigenvalue weighted by Gasteiger charge is -1.79. The van der Waals surface area contributed by atoms with E-state index in [0.29, 0.717) is 0 Å². The molecule has 0 nitrogen and oxygen atoms in total. The Labute approximate surface area is 56.6 Å². The molecule has 48 valence electrons. The number of hydrogen-bond acceptors (Lipinski definition) is 0. The largest absolute Gasteiger partial charge is 0.103 e. The summed E-state index contributed by atoms with van der Waals surface area (Å²) in [6.07, 6.45) is 9.33. The van der Waals surface area contributed by atoms with E-state index in [-0.39, 0.29) is 0 Å². The van der Waals surface area contributed by atoms with Crippen LogP contribution in [0.1, 0.15) is 6.42 Å². The first-order chi connectivity index (χ1) is 4.38. The smallest absolute Gasteiger partial charge is 0.0161 e. The molecule has 2 atom stereocenters. The molecule has 0 spiro atoms. The molecule has 0 heterocycles. The van der Waals surface area contributed by atoms with Crippen LogP contribution in [0, 0.1) is 11.8 Å². The lowest BCUT2D eigenvalue weighted by Crippen LogP contribution is -1.68. The minimum Gasteiger partial charge on any atom is -0.103 e. The summed E-state index contributed by atoms with van der Waals surface area (Å²) < 4.78 is 0. The lowest BCUT2D eigenvalue weighted by molar-refractivity contribution is 0.998. The van der Waals surface area contributed by atoms with Crippen molar-refractivity contribution in [3.8, 4) is 0 Å². The van der Waals surface area contributed by atoms with Crippen LogP contribution in [0.4, 0.5) is 0 Å². The Morgan fingerprint density at radius 2 is 2.00 bits per heavy atom. The molecule has 0 N–H and O–H groups in total. The van der Waals surface area contributed by atoms with E-state index in [9.17, 15) is 0 Å². The van der Waals surface area contributed by atoms with E-state index >= 15 is 0 Å². The SMILES string of the molecule is C=C/C=C/[C@@H]1C[C@@H]1C=C. The molecule has 0 aromatic carbocycles. The molecule has 1 aliphatic carbocycles. The van der Waals surface area contributed by atoms with Gasteiger partial charge in [0.2, 0.25) is 0 Å². The molecule has 0 unspecified atom stereocenters. The lowest BCUT2D eigenvalue weighted by atomic mass is 10.3. The highest BCUT2D eigenvalue weighted by Crippen LogP contribution is 2.40. The average molecular weight is 120 g/mol. The Morgan fingerprint density at radius 1 is 1.22 bits per heavy atom. The summed E-state index contributed by atoms with van der Waals surface area (Å²) in [5.41, 5.74) is 0. The summed E-state index contributed by atoms with van der Waals surface area (Å²) in [7, 11) is 0. The van der Waals surface area contributed by atoms with Gasteiger partial charge in [-0.3, -0.25) is 0 Å². The summed E-state index contributed by atoms with van der Waals surface area (Å²) in [6, 6.07) is 0. The summed E-state index contributed by atoms with van der Waals surface area (Å²) in [6.45, 7) is 7.32. The zero-order valence-electron chi connectivity index (χ0n) is 5.59. The Morgan fingerprint density at radius 3 is 2.44 bits per heavy atom. The topological polar surface area (TPSA) is 0 Å². The molecule has 0 heteroatoms. The van der Waals surface area contributed by atoms with E-state index < -0.39 is 0 Å². The molecule has 1 fully saturated rings. The van der Waals surface area contributed by atoms with Crippen LogP contribution in [-0.4, -0.2) is 0 Å². The van der Waals surface area contributed by atoms with Crippen LogP contribution in [0.5, 0.6) is 0 Å². The van der Waals surface area contributed by atoms with E-state index in [1.165, 1.54) is 6.42 Å². The normalized spacial score (nSPS) is 32.4. The molecule has 1 aliphatic rings. The van der Waals surface area contributed by atoms with Gasteiger partial charge in [0.1, 0.15) is 0 Å². The van der Waals surface area contributed by atoms with E-state index in [4.69, 9.17) is 0 Å². The van der Waals surface area contributed by atoms with Gasteiger partial charge in [-0.05, 0) is 18.3 Å².